The molecule has 9 heteroatoms. The maximum absolute atomic E-state index is 12.5. The predicted octanol–water partition coefficient (Wildman–Crippen LogP) is 2.41. The number of aliphatic imine (C=N–C) groups is 1. The summed E-state index contributed by atoms with van der Waals surface area (Å²) < 4.78 is 29.4. The van der Waals surface area contributed by atoms with Gasteiger partial charge in [-0.3, -0.25) is 9.79 Å². The molecule has 0 saturated heterocycles. The van der Waals surface area contributed by atoms with E-state index in [1.165, 1.54) is 6.07 Å². The van der Waals surface area contributed by atoms with E-state index in [-0.39, 0.29) is 48.7 Å². The third-order valence-corrected chi connectivity index (χ3v) is 3.09. The van der Waals surface area contributed by atoms with Crippen LogP contribution in [0.2, 0.25) is 0 Å². The van der Waals surface area contributed by atoms with Crippen molar-refractivity contribution in [2.75, 3.05) is 20.1 Å². The van der Waals surface area contributed by atoms with Gasteiger partial charge in [-0.1, -0.05) is 24.6 Å². The van der Waals surface area contributed by atoms with E-state index >= 15 is 0 Å². The molecular formula is C16H25F2IN4O2. The normalized spacial score (nSPS) is 10.9. The number of carbonyl (C=O) groups excluding carboxylic acids is 1. The van der Waals surface area contributed by atoms with Crippen LogP contribution >= 0.6 is 24.0 Å². The quantitative estimate of drug-likeness (QED) is 0.310. The Hall–Kier alpha value is -1.65. The number of nitrogens with zero attached hydrogens (tertiary/aromatic N) is 1. The Morgan fingerprint density at radius 3 is 2.60 bits per heavy atom. The van der Waals surface area contributed by atoms with Crippen LogP contribution in [0.1, 0.15) is 24.5 Å². The SMILES string of the molecule is CCCNC(=O)CNC(=NC)NCc1cc(C)ccc1OC(F)F.I. The molecule has 0 aromatic heterocycles. The number of hydrogen-bond donors (Lipinski definition) is 3. The maximum Gasteiger partial charge on any atom is 0.387 e. The monoisotopic (exact) mass is 470 g/mol. The summed E-state index contributed by atoms with van der Waals surface area (Å²) in [6.07, 6.45) is 0.860. The first kappa shape index (κ1) is 23.4. The molecule has 1 aromatic rings. The fourth-order valence-corrected chi connectivity index (χ4v) is 1.95. The van der Waals surface area contributed by atoms with Crippen molar-refractivity contribution in [1.82, 2.24) is 16.0 Å². The zero-order valence-corrected chi connectivity index (χ0v) is 16.9. The van der Waals surface area contributed by atoms with Crippen LogP contribution in [-0.4, -0.2) is 38.6 Å². The second-order valence-corrected chi connectivity index (χ2v) is 5.12. The molecule has 0 bridgehead atoms. The van der Waals surface area contributed by atoms with Crippen LogP contribution in [0.5, 0.6) is 5.75 Å². The molecule has 0 spiro atoms. The molecule has 0 heterocycles. The first-order valence-electron chi connectivity index (χ1n) is 7.71. The molecule has 0 saturated carbocycles. The Morgan fingerprint density at radius 2 is 2.00 bits per heavy atom. The van der Waals surface area contributed by atoms with Gasteiger partial charge in [-0.05, 0) is 19.4 Å². The molecule has 0 unspecified atom stereocenters. The van der Waals surface area contributed by atoms with E-state index < -0.39 is 6.61 Å². The Labute approximate surface area is 163 Å². The number of rotatable bonds is 8. The van der Waals surface area contributed by atoms with E-state index in [0.29, 0.717) is 18.1 Å². The second-order valence-electron chi connectivity index (χ2n) is 5.12. The Kier molecular flexibility index (Phi) is 11.8. The first-order valence-corrected chi connectivity index (χ1v) is 7.71. The number of ether oxygens (including phenoxy) is 1. The number of nitrogens with one attached hydrogen (secondary N) is 3. The fourth-order valence-electron chi connectivity index (χ4n) is 1.95. The van der Waals surface area contributed by atoms with Gasteiger partial charge in [0, 0.05) is 25.7 Å². The Balaban J connectivity index is 0.00000576. The number of alkyl halides is 2. The fraction of sp³-hybridized carbons (Fsp3) is 0.500. The van der Waals surface area contributed by atoms with Crippen LogP contribution in [0.25, 0.3) is 0 Å². The van der Waals surface area contributed by atoms with Gasteiger partial charge in [0.2, 0.25) is 5.91 Å². The molecule has 0 fully saturated rings. The lowest BCUT2D eigenvalue weighted by Crippen LogP contribution is -2.43. The van der Waals surface area contributed by atoms with Gasteiger partial charge in [-0.25, -0.2) is 0 Å². The molecule has 0 atom stereocenters. The zero-order valence-electron chi connectivity index (χ0n) is 14.6. The van der Waals surface area contributed by atoms with Gasteiger partial charge in [0.25, 0.3) is 0 Å². The van der Waals surface area contributed by atoms with E-state index in [2.05, 4.69) is 25.7 Å². The molecule has 25 heavy (non-hydrogen) atoms. The van der Waals surface area contributed by atoms with Gasteiger partial charge in [0.15, 0.2) is 5.96 Å². The second kappa shape index (κ2) is 12.7. The van der Waals surface area contributed by atoms with Crippen molar-refractivity contribution < 1.29 is 18.3 Å². The molecule has 0 aliphatic carbocycles. The van der Waals surface area contributed by atoms with Crippen LogP contribution in [0.3, 0.4) is 0 Å². The maximum atomic E-state index is 12.5. The summed E-state index contributed by atoms with van der Waals surface area (Å²) in [5, 5.41) is 8.57. The molecule has 1 aromatic carbocycles. The number of aryl methyl sites for hydroxylation is 1. The molecule has 0 radical (unpaired) electrons. The Morgan fingerprint density at radius 1 is 1.28 bits per heavy atom. The van der Waals surface area contributed by atoms with E-state index in [9.17, 15) is 13.6 Å². The number of amides is 1. The number of carbonyl (C=O) groups is 1. The lowest BCUT2D eigenvalue weighted by Gasteiger charge is -2.15. The first-order chi connectivity index (χ1) is 11.5. The third kappa shape index (κ3) is 9.42. The summed E-state index contributed by atoms with van der Waals surface area (Å²) in [6, 6.07) is 4.96. The zero-order chi connectivity index (χ0) is 17.9. The molecule has 1 amide bonds. The van der Waals surface area contributed by atoms with Crippen LogP contribution in [0.15, 0.2) is 23.2 Å². The molecule has 0 aliphatic rings. The van der Waals surface area contributed by atoms with E-state index in [1.54, 1.807) is 19.2 Å². The van der Waals surface area contributed by atoms with Crippen LogP contribution in [0, 0.1) is 6.92 Å². The summed E-state index contributed by atoms with van der Waals surface area (Å²) >= 11 is 0. The highest BCUT2D eigenvalue weighted by Gasteiger charge is 2.11. The third-order valence-electron chi connectivity index (χ3n) is 3.09. The van der Waals surface area contributed by atoms with Crippen molar-refractivity contribution in [3.8, 4) is 5.75 Å². The van der Waals surface area contributed by atoms with Crippen molar-refractivity contribution in [2.24, 2.45) is 4.99 Å². The van der Waals surface area contributed by atoms with Crippen LogP contribution in [-0.2, 0) is 11.3 Å². The average Bonchev–Trinajstić information content (AvgIpc) is 2.54. The highest BCUT2D eigenvalue weighted by molar-refractivity contribution is 14.0. The lowest BCUT2D eigenvalue weighted by molar-refractivity contribution is -0.120. The summed E-state index contributed by atoms with van der Waals surface area (Å²) in [7, 11) is 1.56. The topological polar surface area (TPSA) is 74.8 Å². The summed E-state index contributed by atoms with van der Waals surface area (Å²) in [6.45, 7) is 1.87. The molecule has 3 N–H and O–H groups in total. The minimum atomic E-state index is -2.88. The van der Waals surface area contributed by atoms with Gasteiger partial charge in [-0.15, -0.1) is 24.0 Å². The van der Waals surface area contributed by atoms with Crippen molar-refractivity contribution in [3.05, 3.63) is 29.3 Å². The van der Waals surface area contributed by atoms with Crippen molar-refractivity contribution in [3.63, 3.8) is 0 Å². The molecule has 6 nitrogen and oxygen atoms in total. The molecular weight excluding hydrogens is 445 g/mol. The van der Waals surface area contributed by atoms with Crippen molar-refractivity contribution in [2.45, 2.75) is 33.4 Å². The van der Waals surface area contributed by atoms with Gasteiger partial charge >= 0.3 is 6.61 Å². The van der Waals surface area contributed by atoms with E-state index in [4.69, 9.17) is 0 Å². The van der Waals surface area contributed by atoms with Crippen molar-refractivity contribution in [1.29, 1.82) is 0 Å². The smallest absolute Gasteiger partial charge is 0.387 e. The summed E-state index contributed by atoms with van der Waals surface area (Å²) in [4.78, 5) is 15.6. The average molecular weight is 470 g/mol. The van der Waals surface area contributed by atoms with E-state index in [0.717, 1.165) is 12.0 Å². The number of guanidine groups is 1. The van der Waals surface area contributed by atoms with Gasteiger partial charge in [0.1, 0.15) is 5.75 Å². The van der Waals surface area contributed by atoms with Gasteiger partial charge in [-0.2, -0.15) is 8.78 Å². The predicted molar refractivity (Wildman–Crippen MR) is 105 cm³/mol. The van der Waals surface area contributed by atoms with Gasteiger partial charge in [0.05, 0.1) is 6.54 Å². The van der Waals surface area contributed by atoms with Gasteiger partial charge < -0.3 is 20.7 Å². The standard InChI is InChI=1S/C16H24F2N4O2.HI/c1-4-7-20-14(23)10-22-16(19-3)21-9-12-8-11(2)5-6-13(12)24-15(17)18;/h5-6,8,15H,4,7,9-10H2,1-3H3,(H,20,23)(H2,19,21,22);1H. The lowest BCUT2D eigenvalue weighted by atomic mass is 10.1. The molecule has 1 rings (SSSR count). The largest absolute Gasteiger partial charge is 0.434 e. The highest BCUT2D eigenvalue weighted by atomic mass is 127. The van der Waals surface area contributed by atoms with Crippen LogP contribution in [0.4, 0.5) is 8.78 Å². The minimum Gasteiger partial charge on any atom is -0.434 e. The number of hydrogen-bond acceptors (Lipinski definition) is 3. The Bertz CT molecular complexity index is 571. The number of halogens is 3. The van der Waals surface area contributed by atoms with Crippen LogP contribution < -0.4 is 20.7 Å². The number of benzene rings is 1. The van der Waals surface area contributed by atoms with Crippen molar-refractivity contribution >= 4 is 35.8 Å². The highest BCUT2D eigenvalue weighted by Crippen LogP contribution is 2.21. The van der Waals surface area contributed by atoms with E-state index in [1.807, 2.05) is 13.8 Å². The molecule has 142 valence electrons. The summed E-state index contributed by atoms with van der Waals surface area (Å²) in [5.74, 6) is 0.363. The minimum absolute atomic E-state index is 0. The summed E-state index contributed by atoms with van der Waals surface area (Å²) in [5.41, 5.74) is 1.50. The molecule has 0 aliphatic heterocycles.